The highest BCUT2D eigenvalue weighted by molar-refractivity contribution is 5.77. The summed E-state index contributed by atoms with van der Waals surface area (Å²) in [6, 6.07) is 9.82. The quantitative estimate of drug-likeness (QED) is 0.757. The molecule has 0 aromatic heterocycles. The summed E-state index contributed by atoms with van der Waals surface area (Å²) >= 11 is 0. The van der Waals surface area contributed by atoms with E-state index in [0.29, 0.717) is 26.3 Å². The average Bonchev–Trinajstić information content (AvgIpc) is 2.45. The van der Waals surface area contributed by atoms with Crippen LogP contribution in [0, 0.1) is 0 Å². The zero-order valence-corrected chi connectivity index (χ0v) is 10.2. The molecule has 0 atom stereocenters. The predicted molar refractivity (Wildman–Crippen MR) is 68.8 cm³/mol. The molecule has 18 heavy (non-hydrogen) atoms. The summed E-state index contributed by atoms with van der Waals surface area (Å²) in [4.78, 5) is 13.5. The molecule has 1 aromatic carbocycles. The molecule has 4 nitrogen and oxygen atoms in total. The van der Waals surface area contributed by atoms with Gasteiger partial charge in [0.05, 0.1) is 19.5 Å². The lowest BCUT2D eigenvalue weighted by atomic mass is 10.2. The molecule has 1 aromatic rings. The van der Waals surface area contributed by atoms with E-state index in [1.807, 2.05) is 36.4 Å². The minimum atomic E-state index is 0.0102. The SMILES string of the molecule is O=C(COC=Cc1ccccc1)N1CCOCC1. The Morgan fingerprint density at radius 1 is 1.28 bits per heavy atom. The topological polar surface area (TPSA) is 38.8 Å². The van der Waals surface area contributed by atoms with Gasteiger partial charge in [-0.15, -0.1) is 0 Å². The summed E-state index contributed by atoms with van der Waals surface area (Å²) in [6.45, 7) is 2.63. The fraction of sp³-hybridized carbons (Fsp3) is 0.357. The maximum absolute atomic E-state index is 11.7. The average molecular weight is 247 g/mol. The van der Waals surface area contributed by atoms with Crippen molar-refractivity contribution in [2.75, 3.05) is 32.9 Å². The van der Waals surface area contributed by atoms with Crippen molar-refractivity contribution >= 4 is 12.0 Å². The first-order valence-corrected chi connectivity index (χ1v) is 6.05. The second kappa shape index (κ2) is 6.81. The highest BCUT2D eigenvalue weighted by Gasteiger charge is 2.16. The van der Waals surface area contributed by atoms with Gasteiger partial charge in [-0.3, -0.25) is 4.79 Å². The molecule has 0 saturated carbocycles. The van der Waals surface area contributed by atoms with E-state index >= 15 is 0 Å². The molecule has 1 heterocycles. The standard InChI is InChI=1S/C14H17NO3/c16-14(15-7-10-17-11-8-15)12-18-9-6-13-4-2-1-3-5-13/h1-6,9H,7-8,10-12H2. The smallest absolute Gasteiger partial charge is 0.260 e. The van der Waals surface area contributed by atoms with Gasteiger partial charge in [-0.25, -0.2) is 0 Å². The minimum absolute atomic E-state index is 0.0102. The Kier molecular flexibility index (Phi) is 4.78. The van der Waals surface area contributed by atoms with Gasteiger partial charge in [0.1, 0.15) is 0 Å². The van der Waals surface area contributed by atoms with Gasteiger partial charge in [-0.2, -0.15) is 0 Å². The third-order valence-corrected chi connectivity index (χ3v) is 2.73. The monoisotopic (exact) mass is 247 g/mol. The molecule has 2 rings (SSSR count). The van der Waals surface area contributed by atoms with Crippen molar-refractivity contribution < 1.29 is 14.3 Å². The number of nitrogens with zero attached hydrogens (tertiary/aromatic N) is 1. The molecule has 0 unspecified atom stereocenters. The van der Waals surface area contributed by atoms with Gasteiger partial charge < -0.3 is 14.4 Å². The van der Waals surface area contributed by atoms with E-state index in [0.717, 1.165) is 5.56 Å². The van der Waals surface area contributed by atoms with Crippen LogP contribution in [0.1, 0.15) is 5.56 Å². The summed E-state index contributed by atoms with van der Waals surface area (Å²) in [5, 5.41) is 0. The van der Waals surface area contributed by atoms with Crippen LogP contribution in [-0.4, -0.2) is 43.7 Å². The fourth-order valence-corrected chi connectivity index (χ4v) is 1.71. The van der Waals surface area contributed by atoms with Crippen molar-refractivity contribution in [3.8, 4) is 0 Å². The number of carbonyl (C=O) groups is 1. The molecule has 4 heteroatoms. The number of ether oxygens (including phenoxy) is 2. The first-order valence-electron chi connectivity index (χ1n) is 6.05. The predicted octanol–water partition coefficient (Wildman–Crippen LogP) is 1.53. The Morgan fingerprint density at radius 3 is 2.72 bits per heavy atom. The van der Waals surface area contributed by atoms with Gasteiger partial charge in [0.2, 0.25) is 0 Å². The molecule has 1 saturated heterocycles. The molecule has 96 valence electrons. The van der Waals surface area contributed by atoms with E-state index < -0.39 is 0 Å². The zero-order chi connectivity index (χ0) is 12.6. The van der Waals surface area contributed by atoms with E-state index in [2.05, 4.69) is 0 Å². The summed E-state index contributed by atoms with van der Waals surface area (Å²) in [5.74, 6) is 0.0102. The molecule has 0 N–H and O–H groups in total. The third kappa shape index (κ3) is 3.89. The van der Waals surface area contributed by atoms with Crippen LogP contribution < -0.4 is 0 Å². The lowest BCUT2D eigenvalue weighted by Crippen LogP contribution is -2.42. The van der Waals surface area contributed by atoms with Crippen LogP contribution in [0.4, 0.5) is 0 Å². The minimum Gasteiger partial charge on any atom is -0.491 e. The van der Waals surface area contributed by atoms with Gasteiger partial charge in [-0.05, 0) is 11.6 Å². The summed E-state index contributed by atoms with van der Waals surface area (Å²) in [7, 11) is 0. The molecule has 0 bridgehead atoms. The summed E-state index contributed by atoms with van der Waals surface area (Å²) in [5.41, 5.74) is 1.05. The largest absolute Gasteiger partial charge is 0.491 e. The number of benzene rings is 1. The molecule has 0 aliphatic carbocycles. The van der Waals surface area contributed by atoms with Crippen LogP contribution in [0.3, 0.4) is 0 Å². The van der Waals surface area contributed by atoms with E-state index in [4.69, 9.17) is 9.47 Å². The van der Waals surface area contributed by atoms with E-state index in [1.165, 1.54) is 0 Å². The van der Waals surface area contributed by atoms with Crippen LogP contribution in [0.2, 0.25) is 0 Å². The Morgan fingerprint density at radius 2 is 2.00 bits per heavy atom. The van der Waals surface area contributed by atoms with E-state index in [9.17, 15) is 4.79 Å². The van der Waals surface area contributed by atoms with Crippen molar-refractivity contribution in [1.29, 1.82) is 0 Å². The zero-order valence-electron chi connectivity index (χ0n) is 10.2. The van der Waals surface area contributed by atoms with E-state index in [-0.39, 0.29) is 12.5 Å². The number of morpholine rings is 1. The van der Waals surface area contributed by atoms with Crippen molar-refractivity contribution in [2.24, 2.45) is 0 Å². The van der Waals surface area contributed by atoms with Crippen LogP contribution in [0.15, 0.2) is 36.6 Å². The lowest BCUT2D eigenvalue weighted by molar-refractivity contribution is -0.138. The van der Waals surface area contributed by atoms with Crippen LogP contribution in [0.5, 0.6) is 0 Å². The molecular weight excluding hydrogens is 230 g/mol. The molecular formula is C14H17NO3. The van der Waals surface area contributed by atoms with Gasteiger partial charge >= 0.3 is 0 Å². The number of rotatable bonds is 4. The molecule has 0 spiro atoms. The molecule has 0 radical (unpaired) electrons. The Hall–Kier alpha value is -1.81. The first kappa shape index (κ1) is 12.6. The number of amides is 1. The molecule has 1 aliphatic rings. The van der Waals surface area contributed by atoms with Gasteiger partial charge in [-0.1, -0.05) is 30.3 Å². The highest BCUT2D eigenvalue weighted by atomic mass is 16.5. The van der Waals surface area contributed by atoms with Gasteiger partial charge in [0.25, 0.3) is 5.91 Å². The Bertz CT molecular complexity index is 397. The van der Waals surface area contributed by atoms with Gasteiger partial charge in [0.15, 0.2) is 6.61 Å². The maximum Gasteiger partial charge on any atom is 0.260 e. The number of hydrogen-bond acceptors (Lipinski definition) is 3. The first-order chi connectivity index (χ1) is 8.86. The van der Waals surface area contributed by atoms with Crippen LogP contribution >= 0.6 is 0 Å². The van der Waals surface area contributed by atoms with E-state index in [1.54, 1.807) is 11.2 Å². The summed E-state index contributed by atoms with van der Waals surface area (Å²) in [6.07, 6.45) is 3.40. The summed E-state index contributed by atoms with van der Waals surface area (Å²) < 4.78 is 10.4. The van der Waals surface area contributed by atoms with Crippen molar-refractivity contribution in [2.45, 2.75) is 0 Å². The number of carbonyl (C=O) groups excluding carboxylic acids is 1. The van der Waals surface area contributed by atoms with Crippen LogP contribution in [0.25, 0.3) is 6.08 Å². The highest BCUT2D eigenvalue weighted by Crippen LogP contribution is 2.02. The van der Waals surface area contributed by atoms with Crippen molar-refractivity contribution in [3.05, 3.63) is 42.2 Å². The molecule has 1 fully saturated rings. The van der Waals surface area contributed by atoms with Gasteiger partial charge in [0, 0.05) is 13.1 Å². The second-order valence-corrected chi connectivity index (χ2v) is 4.02. The second-order valence-electron chi connectivity index (χ2n) is 4.02. The van der Waals surface area contributed by atoms with Crippen molar-refractivity contribution in [1.82, 2.24) is 4.90 Å². The third-order valence-electron chi connectivity index (χ3n) is 2.73. The normalized spacial score (nSPS) is 15.9. The van der Waals surface area contributed by atoms with Crippen LogP contribution in [-0.2, 0) is 14.3 Å². The molecule has 1 aliphatic heterocycles. The van der Waals surface area contributed by atoms with Crippen molar-refractivity contribution in [3.63, 3.8) is 0 Å². The lowest BCUT2D eigenvalue weighted by Gasteiger charge is -2.26. The Labute approximate surface area is 107 Å². The molecule has 1 amide bonds. The Balaban J connectivity index is 1.71. The fourth-order valence-electron chi connectivity index (χ4n) is 1.71. The number of hydrogen-bond donors (Lipinski definition) is 0. The maximum atomic E-state index is 11.7.